The van der Waals surface area contributed by atoms with Crippen molar-refractivity contribution in [2.45, 2.75) is 32.9 Å². The van der Waals surface area contributed by atoms with Crippen LogP contribution in [0.2, 0.25) is 5.02 Å². The van der Waals surface area contributed by atoms with Gasteiger partial charge < -0.3 is 14.0 Å². The predicted molar refractivity (Wildman–Crippen MR) is 132 cm³/mol. The largest absolute Gasteiger partial charge is 0.494 e. The third kappa shape index (κ3) is 5.29. The van der Waals surface area contributed by atoms with E-state index in [1.54, 1.807) is 48.8 Å². The first kappa shape index (κ1) is 23.1. The quantitative estimate of drug-likeness (QED) is 0.305. The Hall–Kier alpha value is -3.10. The van der Waals surface area contributed by atoms with Gasteiger partial charge in [-0.3, -0.25) is 9.69 Å². The summed E-state index contributed by atoms with van der Waals surface area (Å²) in [6.07, 6.45) is 6.21. The van der Waals surface area contributed by atoms with E-state index in [9.17, 15) is 4.79 Å². The van der Waals surface area contributed by atoms with Crippen LogP contribution in [-0.2, 0) is 6.54 Å². The van der Waals surface area contributed by atoms with E-state index in [2.05, 4.69) is 4.98 Å². The number of methoxy groups -OCH3 is 1. The van der Waals surface area contributed by atoms with Crippen molar-refractivity contribution in [3.63, 3.8) is 0 Å². The molecule has 2 aromatic carbocycles. The van der Waals surface area contributed by atoms with E-state index in [0.29, 0.717) is 33.5 Å². The molecule has 0 radical (unpaired) electrons. The van der Waals surface area contributed by atoms with Crippen LogP contribution < -0.4 is 14.4 Å². The van der Waals surface area contributed by atoms with Crippen LogP contribution in [0.5, 0.6) is 11.5 Å². The van der Waals surface area contributed by atoms with Gasteiger partial charge in [0.2, 0.25) is 0 Å². The highest BCUT2D eigenvalue weighted by molar-refractivity contribution is 7.23. The molecular formula is C24H25ClN4O3S. The fourth-order valence-corrected chi connectivity index (χ4v) is 4.72. The Balaban J connectivity index is 1.65. The number of hydrogen-bond acceptors (Lipinski definition) is 6. The van der Waals surface area contributed by atoms with Gasteiger partial charge in [0.15, 0.2) is 5.13 Å². The van der Waals surface area contributed by atoms with Crippen LogP contribution in [0.25, 0.3) is 10.2 Å². The van der Waals surface area contributed by atoms with Crippen LogP contribution in [0.3, 0.4) is 0 Å². The van der Waals surface area contributed by atoms with Gasteiger partial charge in [-0.2, -0.15) is 0 Å². The Labute approximate surface area is 201 Å². The van der Waals surface area contributed by atoms with Crippen LogP contribution in [0.15, 0.2) is 55.1 Å². The standard InChI is InChI=1S/C24H25ClN4O3S/c1-16(2)32-18-7-5-17(6-8-18)23(30)29(13-4-12-28-14-11-26-15-28)24-27-21-20(31-3)10-9-19(25)22(21)33-24/h5-11,14-16H,4,12-13H2,1-3H3. The summed E-state index contributed by atoms with van der Waals surface area (Å²) in [6, 6.07) is 10.8. The lowest BCUT2D eigenvalue weighted by atomic mass is 10.2. The van der Waals surface area contributed by atoms with Gasteiger partial charge in [0.05, 0.1) is 29.3 Å². The summed E-state index contributed by atoms with van der Waals surface area (Å²) in [6.45, 7) is 5.15. The summed E-state index contributed by atoms with van der Waals surface area (Å²) in [5, 5.41) is 1.16. The maximum Gasteiger partial charge on any atom is 0.260 e. The third-order valence-electron chi connectivity index (χ3n) is 4.97. The lowest BCUT2D eigenvalue weighted by Gasteiger charge is -2.20. The highest BCUT2D eigenvalue weighted by Gasteiger charge is 2.23. The number of carbonyl (C=O) groups is 1. The number of aryl methyl sites for hydroxylation is 1. The maximum atomic E-state index is 13.6. The Bertz CT molecular complexity index is 1220. The molecule has 0 aliphatic carbocycles. The third-order valence-corrected chi connectivity index (χ3v) is 6.51. The van der Waals surface area contributed by atoms with Crippen molar-refractivity contribution in [2.75, 3.05) is 18.6 Å². The second-order valence-corrected chi connectivity index (χ2v) is 9.11. The van der Waals surface area contributed by atoms with E-state index < -0.39 is 0 Å². The molecule has 7 nitrogen and oxygen atoms in total. The number of benzene rings is 2. The van der Waals surface area contributed by atoms with Crippen LogP contribution in [-0.4, -0.2) is 40.2 Å². The number of imidazole rings is 1. The molecule has 0 saturated carbocycles. The number of ether oxygens (including phenoxy) is 2. The lowest BCUT2D eigenvalue weighted by Crippen LogP contribution is -2.32. The predicted octanol–water partition coefficient (Wildman–Crippen LogP) is 5.68. The summed E-state index contributed by atoms with van der Waals surface area (Å²) >= 11 is 7.80. The maximum absolute atomic E-state index is 13.6. The van der Waals surface area contributed by atoms with Crippen LogP contribution in [0, 0.1) is 0 Å². The minimum atomic E-state index is -0.133. The molecule has 0 saturated heterocycles. The molecule has 0 N–H and O–H groups in total. The highest BCUT2D eigenvalue weighted by atomic mass is 35.5. The smallest absolute Gasteiger partial charge is 0.260 e. The minimum Gasteiger partial charge on any atom is -0.494 e. The number of anilines is 1. The van der Waals surface area contributed by atoms with Crippen molar-refractivity contribution >= 4 is 44.2 Å². The van der Waals surface area contributed by atoms with E-state index in [1.807, 2.05) is 36.7 Å². The molecule has 4 rings (SSSR count). The Kier molecular flexibility index (Phi) is 7.15. The topological polar surface area (TPSA) is 69.5 Å². The average Bonchev–Trinajstić information content (AvgIpc) is 3.47. The number of nitrogens with zero attached hydrogens (tertiary/aromatic N) is 4. The molecule has 0 unspecified atom stereocenters. The van der Waals surface area contributed by atoms with Crippen molar-refractivity contribution < 1.29 is 14.3 Å². The lowest BCUT2D eigenvalue weighted by molar-refractivity contribution is 0.0986. The average molecular weight is 485 g/mol. The Morgan fingerprint density at radius 2 is 2.00 bits per heavy atom. The number of halogens is 1. The zero-order chi connectivity index (χ0) is 23.4. The first-order valence-electron chi connectivity index (χ1n) is 10.6. The fourth-order valence-electron chi connectivity index (χ4n) is 3.44. The molecule has 0 fully saturated rings. The first-order valence-corrected chi connectivity index (χ1v) is 11.8. The molecule has 0 atom stereocenters. The van der Waals surface area contributed by atoms with Gasteiger partial charge in [0, 0.05) is 31.0 Å². The number of carbonyl (C=O) groups excluding carboxylic acids is 1. The van der Waals surface area contributed by atoms with Gasteiger partial charge in [-0.1, -0.05) is 22.9 Å². The van der Waals surface area contributed by atoms with E-state index in [4.69, 9.17) is 26.1 Å². The number of thiazole rings is 1. The van der Waals surface area contributed by atoms with Crippen molar-refractivity contribution in [2.24, 2.45) is 0 Å². The van der Waals surface area contributed by atoms with E-state index in [-0.39, 0.29) is 12.0 Å². The molecular weight excluding hydrogens is 460 g/mol. The second kappa shape index (κ2) is 10.2. The van der Waals surface area contributed by atoms with Crippen molar-refractivity contribution in [3.8, 4) is 11.5 Å². The minimum absolute atomic E-state index is 0.0636. The van der Waals surface area contributed by atoms with Gasteiger partial charge in [0.25, 0.3) is 5.91 Å². The van der Waals surface area contributed by atoms with Crippen molar-refractivity contribution in [1.29, 1.82) is 0 Å². The normalized spacial score (nSPS) is 11.2. The molecule has 9 heteroatoms. The number of hydrogen-bond donors (Lipinski definition) is 0. The van der Waals surface area contributed by atoms with Gasteiger partial charge in [-0.25, -0.2) is 9.97 Å². The molecule has 172 valence electrons. The zero-order valence-electron chi connectivity index (χ0n) is 18.7. The van der Waals surface area contributed by atoms with E-state index in [0.717, 1.165) is 23.4 Å². The van der Waals surface area contributed by atoms with E-state index >= 15 is 0 Å². The van der Waals surface area contributed by atoms with Crippen molar-refractivity contribution in [3.05, 3.63) is 65.7 Å². The van der Waals surface area contributed by atoms with Gasteiger partial charge >= 0.3 is 0 Å². The molecule has 2 heterocycles. The van der Waals surface area contributed by atoms with Gasteiger partial charge in [-0.05, 0) is 56.7 Å². The van der Waals surface area contributed by atoms with Crippen molar-refractivity contribution in [1.82, 2.24) is 14.5 Å². The van der Waals surface area contributed by atoms with Gasteiger partial charge in [-0.15, -0.1) is 0 Å². The molecule has 33 heavy (non-hydrogen) atoms. The van der Waals surface area contributed by atoms with Crippen LogP contribution >= 0.6 is 22.9 Å². The molecule has 0 aliphatic heterocycles. The molecule has 0 bridgehead atoms. The highest BCUT2D eigenvalue weighted by Crippen LogP contribution is 2.39. The van der Waals surface area contributed by atoms with Crippen LogP contribution in [0.4, 0.5) is 5.13 Å². The van der Waals surface area contributed by atoms with Gasteiger partial charge in [0.1, 0.15) is 17.0 Å². The number of rotatable bonds is 9. The summed E-state index contributed by atoms with van der Waals surface area (Å²) in [7, 11) is 1.59. The van der Waals surface area contributed by atoms with Crippen LogP contribution in [0.1, 0.15) is 30.6 Å². The Morgan fingerprint density at radius 3 is 2.67 bits per heavy atom. The summed E-state index contributed by atoms with van der Waals surface area (Å²) in [5.41, 5.74) is 1.21. The Morgan fingerprint density at radius 1 is 1.21 bits per heavy atom. The fraction of sp³-hybridized carbons (Fsp3) is 0.292. The summed E-state index contributed by atoms with van der Waals surface area (Å²) in [5.74, 6) is 1.22. The molecule has 0 spiro atoms. The number of aromatic nitrogens is 3. The van der Waals surface area contributed by atoms with E-state index in [1.165, 1.54) is 11.3 Å². The molecule has 4 aromatic rings. The monoisotopic (exact) mass is 484 g/mol. The molecule has 1 amide bonds. The summed E-state index contributed by atoms with van der Waals surface area (Å²) < 4.78 is 13.9. The zero-order valence-corrected chi connectivity index (χ0v) is 20.3. The SMILES string of the molecule is COc1ccc(Cl)c2sc(N(CCCn3ccnc3)C(=O)c3ccc(OC(C)C)cc3)nc12. The molecule has 2 aromatic heterocycles. The number of fused-ring (bicyclic) bond motifs is 1. The summed E-state index contributed by atoms with van der Waals surface area (Å²) in [4.78, 5) is 24.1. The molecule has 0 aliphatic rings. The number of amides is 1. The second-order valence-electron chi connectivity index (χ2n) is 7.73. The first-order chi connectivity index (χ1) is 16.0.